The van der Waals surface area contributed by atoms with Crippen molar-refractivity contribution in [3.05, 3.63) is 63.6 Å². The number of hydrogen-bond acceptors (Lipinski definition) is 5. The molecule has 1 heterocycles. The number of nitrogens with zero attached hydrogens (tertiary/aromatic N) is 1. The third-order valence-electron chi connectivity index (χ3n) is 4.50. The minimum atomic E-state index is -3.85. The Hall–Kier alpha value is -1.29. The summed E-state index contributed by atoms with van der Waals surface area (Å²) in [7, 11) is -3.85. The van der Waals surface area contributed by atoms with Crippen LogP contribution >= 0.6 is 35.0 Å². The first-order valence-corrected chi connectivity index (χ1v) is 12.7. The van der Waals surface area contributed by atoms with E-state index in [-0.39, 0.29) is 33.6 Å². The molecule has 162 valence electrons. The van der Waals surface area contributed by atoms with Gasteiger partial charge < -0.3 is 10.1 Å². The zero-order chi connectivity index (χ0) is 21.6. The van der Waals surface area contributed by atoms with Crippen LogP contribution in [0, 0.1) is 0 Å². The van der Waals surface area contributed by atoms with Crippen molar-refractivity contribution in [3.63, 3.8) is 0 Å². The van der Waals surface area contributed by atoms with Gasteiger partial charge in [0.05, 0.1) is 28.8 Å². The van der Waals surface area contributed by atoms with Gasteiger partial charge in [0.25, 0.3) is 5.91 Å². The Morgan fingerprint density at radius 3 is 2.50 bits per heavy atom. The molecule has 30 heavy (non-hydrogen) atoms. The third-order valence-corrected chi connectivity index (χ3v) is 8.20. The molecule has 0 aromatic heterocycles. The number of hydrogen-bond donors (Lipinski definition) is 1. The van der Waals surface area contributed by atoms with E-state index in [1.165, 1.54) is 22.0 Å². The number of carbonyl (C=O) groups excluding carboxylic acids is 1. The van der Waals surface area contributed by atoms with E-state index >= 15 is 0 Å². The molecule has 2 aromatic rings. The van der Waals surface area contributed by atoms with Crippen LogP contribution in [0.15, 0.2) is 47.4 Å². The van der Waals surface area contributed by atoms with Gasteiger partial charge in [-0.25, -0.2) is 8.42 Å². The minimum Gasteiger partial charge on any atom is -0.379 e. The molecule has 0 unspecified atom stereocenters. The van der Waals surface area contributed by atoms with Gasteiger partial charge in [-0.1, -0.05) is 53.5 Å². The number of sulfonamides is 1. The fraction of sp³-hybridized carbons (Fsp3) is 0.350. The average molecular weight is 489 g/mol. The van der Waals surface area contributed by atoms with Crippen molar-refractivity contribution >= 4 is 50.9 Å². The minimum absolute atomic E-state index is 0.0125. The predicted molar refractivity (Wildman–Crippen MR) is 121 cm³/mol. The van der Waals surface area contributed by atoms with Gasteiger partial charge in [0.15, 0.2) is 0 Å². The molecule has 1 fully saturated rings. The number of morpholine rings is 1. The van der Waals surface area contributed by atoms with Crippen LogP contribution in [0.1, 0.15) is 15.9 Å². The Kier molecular flexibility index (Phi) is 8.44. The van der Waals surface area contributed by atoms with Crippen LogP contribution < -0.4 is 5.32 Å². The standard InChI is InChI=1S/C20H22Cl2N2O4S2/c21-17-13-18(22)19(30(26,27)24-7-9-28-10-8-24)12-16(17)20(25)23-6-11-29-14-15-4-2-1-3-5-15/h1-5,12-13H,6-11,14H2,(H,23,25). The Morgan fingerprint density at radius 1 is 1.10 bits per heavy atom. The molecule has 1 saturated heterocycles. The van der Waals surface area contributed by atoms with Crippen LogP contribution in [0.4, 0.5) is 0 Å². The number of thioether (sulfide) groups is 1. The SMILES string of the molecule is O=C(NCCSCc1ccccc1)c1cc(S(=O)(=O)N2CCOCC2)c(Cl)cc1Cl. The average Bonchev–Trinajstić information content (AvgIpc) is 2.74. The van der Waals surface area contributed by atoms with Crippen molar-refractivity contribution in [1.82, 2.24) is 9.62 Å². The van der Waals surface area contributed by atoms with Crippen LogP contribution in [-0.4, -0.2) is 57.2 Å². The van der Waals surface area contributed by atoms with Crippen LogP contribution in [0.2, 0.25) is 10.0 Å². The van der Waals surface area contributed by atoms with Crippen molar-refractivity contribution < 1.29 is 17.9 Å². The molecule has 2 aromatic carbocycles. The van der Waals surface area contributed by atoms with Gasteiger partial charge in [0.2, 0.25) is 10.0 Å². The summed E-state index contributed by atoms with van der Waals surface area (Å²) in [6, 6.07) is 12.6. The Balaban J connectivity index is 1.63. The van der Waals surface area contributed by atoms with Crippen molar-refractivity contribution in [3.8, 4) is 0 Å². The molecule has 1 aliphatic heterocycles. The molecule has 10 heteroatoms. The highest BCUT2D eigenvalue weighted by Gasteiger charge is 2.30. The maximum Gasteiger partial charge on any atom is 0.252 e. The third kappa shape index (κ3) is 5.90. The highest BCUT2D eigenvalue weighted by atomic mass is 35.5. The van der Waals surface area contributed by atoms with Gasteiger partial charge in [-0.05, 0) is 17.7 Å². The Bertz CT molecular complexity index is 982. The summed E-state index contributed by atoms with van der Waals surface area (Å²) in [5.74, 6) is 1.13. The van der Waals surface area contributed by atoms with E-state index in [1.54, 1.807) is 11.8 Å². The lowest BCUT2D eigenvalue weighted by atomic mass is 10.2. The molecule has 0 spiro atoms. The van der Waals surface area contributed by atoms with Gasteiger partial charge >= 0.3 is 0 Å². The second-order valence-electron chi connectivity index (χ2n) is 6.57. The highest BCUT2D eigenvalue weighted by molar-refractivity contribution is 7.98. The van der Waals surface area contributed by atoms with Crippen LogP contribution in [0.5, 0.6) is 0 Å². The fourth-order valence-electron chi connectivity index (χ4n) is 2.92. The molecular weight excluding hydrogens is 467 g/mol. The van der Waals surface area contributed by atoms with E-state index in [0.29, 0.717) is 25.5 Å². The molecule has 0 bridgehead atoms. The van der Waals surface area contributed by atoms with E-state index in [4.69, 9.17) is 27.9 Å². The van der Waals surface area contributed by atoms with E-state index in [0.717, 1.165) is 5.75 Å². The molecule has 6 nitrogen and oxygen atoms in total. The zero-order valence-electron chi connectivity index (χ0n) is 16.1. The maximum absolute atomic E-state index is 12.9. The van der Waals surface area contributed by atoms with Crippen LogP contribution in [0.25, 0.3) is 0 Å². The molecule has 0 atom stereocenters. The lowest BCUT2D eigenvalue weighted by Gasteiger charge is -2.26. The van der Waals surface area contributed by atoms with Gasteiger partial charge in [0.1, 0.15) is 4.90 Å². The summed E-state index contributed by atoms with van der Waals surface area (Å²) < 4.78 is 32.4. The van der Waals surface area contributed by atoms with E-state index in [2.05, 4.69) is 17.4 Å². The number of nitrogens with one attached hydrogen (secondary N) is 1. The summed E-state index contributed by atoms with van der Waals surface area (Å²) in [6.45, 7) is 1.54. The Morgan fingerprint density at radius 2 is 1.80 bits per heavy atom. The number of amides is 1. The zero-order valence-corrected chi connectivity index (χ0v) is 19.3. The van der Waals surface area contributed by atoms with Gasteiger partial charge in [-0.15, -0.1) is 0 Å². The highest BCUT2D eigenvalue weighted by Crippen LogP contribution is 2.31. The van der Waals surface area contributed by atoms with E-state index in [1.807, 2.05) is 18.2 Å². The first-order valence-electron chi connectivity index (χ1n) is 9.36. The predicted octanol–water partition coefficient (Wildman–Crippen LogP) is 3.68. The fourth-order valence-corrected chi connectivity index (χ4v) is 5.98. The van der Waals surface area contributed by atoms with Crippen molar-refractivity contribution in [2.24, 2.45) is 0 Å². The molecule has 3 rings (SSSR count). The molecule has 0 aliphatic carbocycles. The van der Waals surface area contributed by atoms with Crippen molar-refractivity contribution in [2.75, 3.05) is 38.6 Å². The van der Waals surface area contributed by atoms with Gasteiger partial charge in [-0.2, -0.15) is 16.1 Å². The summed E-state index contributed by atoms with van der Waals surface area (Å²) in [5.41, 5.74) is 1.30. The summed E-state index contributed by atoms with van der Waals surface area (Å²) in [6.07, 6.45) is 0. The van der Waals surface area contributed by atoms with Crippen molar-refractivity contribution in [2.45, 2.75) is 10.6 Å². The maximum atomic E-state index is 12.9. The van der Waals surface area contributed by atoms with E-state index in [9.17, 15) is 13.2 Å². The molecule has 1 aliphatic rings. The quantitative estimate of drug-likeness (QED) is 0.573. The molecule has 0 saturated carbocycles. The first kappa shape index (κ1) is 23.4. The molecule has 0 radical (unpaired) electrons. The Labute approximate surface area is 190 Å². The topological polar surface area (TPSA) is 75.7 Å². The first-order chi connectivity index (χ1) is 14.4. The smallest absolute Gasteiger partial charge is 0.252 e. The number of rotatable bonds is 8. The summed E-state index contributed by atoms with van der Waals surface area (Å²) >= 11 is 14.0. The van der Waals surface area contributed by atoms with Crippen molar-refractivity contribution in [1.29, 1.82) is 0 Å². The molecule has 1 N–H and O–H groups in total. The summed E-state index contributed by atoms with van der Waals surface area (Å²) in [4.78, 5) is 12.5. The van der Waals surface area contributed by atoms with E-state index < -0.39 is 15.9 Å². The van der Waals surface area contributed by atoms with Gasteiger partial charge in [-0.3, -0.25) is 4.79 Å². The second kappa shape index (κ2) is 10.8. The van der Waals surface area contributed by atoms with Crippen LogP contribution in [0.3, 0.4) is 0 Å². The number of ether oxygens (including phenoxy) is 1. The number of carbonyl (C=O) groups is 1. The lowest BCUT2D eigenvalue weighted by molar-refractivity contribution is 0.0730. The monoisotopic (exact) mass is 488 g/mol. The number of halogens is 2. The normalized spacial score (nSPS) is 15.1. The second-order valence-corrected chi connectivity index (χ2v) is 10.4. The lowest BCUT2D eigenvalue weighted by Crippen LogP contribution is -2.40. The molecule has 1 amide bonds. The largest absolute Gasteiger partial charge is 0.379 e. The number of benzene rings is 2. The summed E-state index contributed by atoms with van der Waals surface area (Å²) in [5, 5.41) is 2.88. The van der Waals surface area contributed by atoms with Gasteiger partial charge in [0, 0.05) is 31.1 Å². The van der Waals surface area contributed by atoms with Crippen LogP contribution in [-0.2, 0) is 20.5 Å². The molecular formula is C20H22Cl2N2O4S2.